The summed E-state index contributed by atoms with van der Waals surface area (Å²) in [7, 11) is 1.36. The van der Waals surface area contributed by atoms with Gasteiger partial charge in [0.25, 0.3) is 11.5 Å². The highest BCUT2D eigenvalue weighted by Crippen LogP contribution is 2.15. The first-order valence-electron chi connectivity index (χ1n) is 9.18. The molecule has 0 unspecified atom stereocenters. The zero-order valence-corrected chi connectivity index (χ0v) is 16.8. The molecule has 0 aliphatic carbocycles. The molecule has 2 heterocycles. The Kier molecular flexibility index (Phi) is 6.11. The van der Waals surface area contributed by atoms with Gasteiger partial charge in [0.05, 0.1) is 23.6 Å². The minimum Gasteiger partial charge on any atom is -0.478 e. The first-order valence-corrected chi connectivity index (χ1v) is 9.18. The van der Waals surface area contributed by atoms with Crippen LogP contribution in [0.25, 0.3) is 11.2 Å². The number of anilines is 1. The van der Waals surface area contributed by atoms with Gasteiger partial charge in [0.1, 0.15) is 11.7 Å². The molecule has 0 aliphatic heterocycles. The number of aromatic carboxylic acids is 1. The van der Waals surface area contributed by atoms with Crippen molar-refractivity contribution in [3.8, 4) is 0 Å². The first kappa shape index (κ1) is 22.3. The van der Waals surface area contributed by atoms with Crippen molar-refractivity contribution in [3.63, 3.8) is 0 Å². The molecule has 0 saturated heterocycles. The van der Waals surface area contributed by atoms with Gasteiger partial charge in [-0.2, -0.15) is 0 Å². The normalized spacial score (nSPS) is 12.7. The van der Waals surface area contributed by atoms with Gasteiger partial charge in [-0.1, -0.05) is 12.1 Å². The summed E-state index contributed by atoms with van der Waals surface area (Å²) < 4.78 is 1.04. The van der Waals surface area contributed by atoms with E-state index in [9.17, 15) is 34.2 Å². The molecule has 3 aromatic rings. The molecule has 2 atom stereocenters. The second kappa shape index (κ2) is 8.77. The quantitative estimate of drug-likeness (QED) is 0.312. The standard InChI is InChI=1S/C19H18N6O7/c1-8(26)12(16(28)22-10-6-4-3-5-9(10)18(30)31)23-15(27)11-7-20-14-13(21-11)17(29)24-19(32)25(14)2/h3-8,12,26H,1-2H3,(H,22,28)(H,23,27)(H,30,31)(H,24,29,32)/t8-,12+/m1/s1. The van der Waals surface area contributed by atoms with Crippen LogP contribution in [-0.4, -0.2) is 59.7 Å². The molecule has 0 fully saturated rings. The highest BCUT2D eigenvalue weighted by Gasteiger charge is 2.28. The molecule has 0 saturated carbocycles. The van der Waals surface area contributed by atoms with Gasteiger partial charge in [-0.25, -0.2) is 19.6 Å². The molecule has 0 radical (unpaired) electrons. The second-order valence-corrected chi connectivity index (χ2v) is 6.78. The predicted molar refractivity (Wildman–Crippen MR) is 110 cm³/mol. The maximum absolute atomic E-state index is 12.6. The van der Waals surface area contributed by atoms with Crippen LogP contribution in [0.2, 0.25) is 0 Å². The Hall–Kier alpha value is -4.39. The number of aliphatic hydroxyl groups excluding tert-OH is 1. The molecule has 2 amide bonds. The van der Waals surface area contributed by atoms with Gasteiger partial charge < -0.3 is 20.8 Å². The highest BCUT2D eigenvalue weighted by molar-refractivity contribution is 6.04. The first-order chi connectivity index (χ1) is 15.1. The predicted octanol–water partition coefficient (Wildman–Crippen LogP) is -1.17. The zero-order valence-electron chi connectivity index (χ0n) is 16.8. The maximum Gasteiger partial charge on any atom is 0.337 e. The number of aromatic nitrogens is 4. The number of para-hydroxylation sites is 1. The van der Waals surface area contributed by atoms with E-state index in [2.05, 4.69) is 20.6 Å². The third-order valence-corrected chi connectivity index (χ3v) is 4.51. The van der Waals surface area contributed by atoms with Crippen LogP contribution in [0.1, 0.15) is 27.8 Å². The molecule has 5 N–H and O–H groups in total. The van der Waals surface area contributed by atoms with Gasteiger partial charge >= 0.3 is 11.7 Å². The number of aryl methyl sites for hydroxylation is 1. The minimum atomic E-state index is -1.49. The number of rotatable bonds is 6. The largest absolute Gasteiger partial charge is 0.478 e. The number of carbonyl (C=O) groups excluding carboxylic acids is 2. The lowest BCUT2D eigenvalue weighted by atomic mass is 10.1. The number of amides is 2. The Morgan fingerprint density at radius 1 is 1.19 bits per heavy atom. The van der Waals surface area contributed by atoms with E-state index in [1.807, 2.05) is 4.98 Å². The van der Waals surface area contributed by atoms with E-state index >= 15 is 0 Å². The Bertz CT molecular complexity index is 1340. The molecule has 32 heavy (non-hydrogen) atoms. The number of hydrogen-bond acceptors (Lipinski definition) is 8. The van der Waals surface area contributed by atoms with Gasteiger partial charge in [0, 0.05) is 7.05 Å². The molecular formula is C19H18N6O7. The lowest BCUT2D eigenvalue weighted by Gasteiger charge is -2.21. The van der Waals surface area contributed by atoms with Crippen LogP contribution < -0.4 is 21.9 Å². The molecule has 2 aromatic heterocycles. The van der Waals surface area contributed by atoms with Crippen molar-refractivity contribution in [1.82, 2.24) is 24.8 Å². The summed E-state index contributed by atoms with van der Waals surface area (Å²) in [4.78, 5) is 70.0. The van der Waals surface area contributed by atoms with Gasteiger partial charge in [-0.15, -0.1) is 0 Å². The molecular weight excluding hydrogens is 424 g/mol. The van der Waals surface area contributed by atoms with Crippen molar-refractivity contribution >= 4 is 34.6 Å². The number of aromatic amines is 1. The number of carboxylic acids is 1. The number of nitrogens with one attached hydrogen (secondary N) is 3. The number of carboxylic acid groups (broad SMARTS) is 1. The van der Waals surface area contributed by atoms with Crippen molar-refractivity contribution in [3.05, 3.63) is 62.6 Å². The van der Waals surface area contributed by atoms with Crippen LogP contribution in [0.5, 0.6) is 0 Å². The highest BCUT2D eigenvalue weighted by atomic mass is 16.4. The molecule has 0 bridgehead atoms. The number of nitrogens with zero attached hydrogens (tertiary/aromatic N) is 3. The number of hydrogen-bond donors (Lipinski definition) is 5. The number of aliphatic hydroxyl groups is 1. The van der Waals surface area contributed by atoms with E-state index in [0.717, 1.165) is 10.8 Å². The van der Waals surface area contributed by atoms with Gasteiger partial charge in [-0.05, 0) is 19.1 Å². The molecule has 3 rings (SSSR count). The van der Waals surface area contributed by atoms with E-state index in [1.54, 1.807) is 0 Å². The van der Waals surface area contributed by atoms with Crippen LogP contribution >= 0.6 is 0 Å². The topological polar surface area (TPSA) is 196 Å². The monoisotopic (exact) mass is 442 g/mol. The van der Waals surface area contributed by atoms with Crippen LogP contribution in [0.3, 0.4) is 0 Å². The average Bonchev–Trinajstić information content (AvgIpc) is 2.75. The Morgan fingerprint density at radius 2 is 1.88 bits per heavy atom. The fourth-order valence-electron chi connectivity index (χ4n) is 2.84. The van der Waals surface area contributed by atoms with Crippen molar-refractivity contribution in [2.24, 2.45) is 7.05 Å². The fraction of sp³-hybridized carbons (Fsp3) is 0.211. The smallest absolute Gasteiger partial charge is 0.337 e. The number of H-pyrrole nitrogens is 1. The van der Waals surface area contributed by atoms with Gasteiger partial charge in [0.15, 0.2) is 11.2 Å². The van der Waals surface area contributed by atoms with E-state index < -0.39 is 41.2 Å². The lowest BCUT2D eigenvalue weighted by molar-refractivity contribution is -0.120. The molecule has 13 heteroatoms. The summed E-state index contributed by atoms with van der Waals surface area (Å²) in [6.45, 7) is 1.25. The summed E-state index contributed by atoms with van der Waals surface area (Å²) in [6.07, 6.45) is -0.360. The average molecular weight is 442 g/mol. The summed E-state index contributed by atoms with van der Waals surface area (Å²) in [5.74, 6) is -3.08. The maximum atomic E-state index is 12.6. The Balaban J connectivity index is 1.87. The molecule has 13 nitrogen and oxygen atoms in total. The minimum absolute atomic E-state index is 0.0251. The number of carbonyl (C=O) groups is 3. The molecule has 0 aliphatic rings. The van der Waals surface area contributed by atoms with Gasteiger partial charge in [-0.3, -0.25) is 23.9 Å². The summed E-state index contributed by atoms with van der Waals surface area (Å²) in [5.41, 5.74) is -2.42. The van der Waals surface area contributed by atoms with Crippen LogP contribution in [0.15, 0.2) is 40.1 Å². The third-order valence-electron chi connectivity index (χ3n) is 4.51. The fourth-order valence-corrected chi connectivity index (χ4v) is 2.84. The van der Waals surface area contributed by atoms with Crippen LogP contribution in [0.4, 0.5) is 5.69 Å². The van der Waals surface area contributed by atoms with Crippen molar-refractivity contribution in [1.29, 1.82) is 0 Å². The molecule has 166 valence electrons. The van der Waals surface area contributed by atoms with Crippen molar-refractivity contribution in [2.45, 2.75) is 19.1 Å². The van der Waals surface area contributed by atoms with E-state index in [4.69, 9.17) is 0 Å². The van der Waals surface area contributed by atoms with Crippen molar-refractivity contribution in [2.75, 3.05) is 5.32 Å². The summed E-state index contributed by atoms with van der Waals surface area (Å²) >= 11 is 0. The third kappa shape index (κ3) is 4.37. The number of benzene rings is 1. The van der Waals surface area contributed by atoms with E-state index in [0.29, 0.717) is 0 Å². The van der Waals surface area contributed by atoms with Gasteiger partial charge in [0.2, 0.25) is 5.91 Å². The SMILES string of the molecule is C[C@@H](O)[C@H](NC(=O)c1cnc2c(n1)c(=O)[nH]c(=O)n2C)C(=O)Nc1ccccc1C(=O)O. The van der Waals surface area contributed by atoms with Crippen molar-refractivity contribution < 1.29 is 24.6 Å². The number of fused-ring (bicyclic) bond motifs is 1. The molecule has 1 aromatic carbocycles. The summed E-state index contributed by atoms with van der Waals surface area (Å²) in [6, 6.07) is 4.13. The van der Waals surface area contributed by atoms with E-state index in [-0.39, 0.29) is 28.1 Å². The zero-order chi connectivity index (χ0) is 23.6. The van der Waals surface area contributed by atoms with E-state index in [1.165, 1.54) is 38.2 Å². The summed E-state index contributed by atoms with van der Waals surface area (Å²) in [5, 5.41) is 23.9. The lowest BCUT2D eigenvalue weighted by Crippen LogP contribution is -2.50. The Labute approximate surface area is 178 Å². The van der Waals surface area contributed by atoms with Crippen LogP contribution in [-0.2, 0) is 11.8 Å². The second-order valence-electron chi connectivity index (χ2n) is 6.78. The van der Waals surface area contributed by atoms with Crippen LogP contribution in [0, 0.1) is 0 Å². The molecule has 0 spiro atoms. The Morgan fingerprint density at radius 3 is 2.53 bits per heavy atom.